The standard InChI is InChI=1S/C11H12BrClN2O/c12-10-6-9(13)8(7-14-10)11(16)15-4-2-1-3-5-15/h6-7H,1-5H2. The highest BCUT2D eigenvalue weighted by Crippen LogP contribution is 2.21. The van der Waals surface area contributed by atoms with Crippen LogP contribution in [-0.2, 0) is 0 Å². The molecule has 2 rings (SSSR count). The largest absolute Gasteiger partial charge is 0.339 e. The highest BCUT2D eigenvalue weighted by atomic mass is 79.9. The minimum Gasteiger partial charge on any atom is -0.339 e. The second kappa shape index (κ2) is 5.15. The third-order valence-electron chi connectivity index (χ3n) is 2.69. The maximum absolute atomic E-state index is 12.1. The molecule has 86 valence electrons. The summed E-state index contributed by atoms with van der Waals surface area (Å²) in [7, 11) is 0. The smallest absolute Gasteiger partial charge is 0.256 e. The van der Waals surface area contributed by atoms with Crippen LogP contribution >= 0.6 is 27.5 Å². The van der Waals surface area contributed by atoms with E-state index in [9.17, 15) is 4.79 Å². The Bertz CT molecular complexity index is 405. The van der Waals surface area contributed by atoms with Crippen molar-refractivity contribution in [3.63, 3.8) is 0 Å². The number of halogens is 2. The Kier molecular flexibility index (Phi) is 3.82. The molecular formula is C11H12BrClN2O. The molecule has 0 atom stereocenters. The second-order valence-electron chi connectivity index (χ2n) is 3.84. The fourth-order valence-electron chi connectivity index (χ4n) is 1.83. The normalized spacial score (nSPS) is 16.2. The topological polar surface area (TPSA) is 33.2 Å². The van der Waals surface area contributed by atoms with Gasteiger partial charge in [-0.15, -0.1) is 0 Å². The zero-order valence-corrected chi connectivity index (χ0v) is 11.1. The van der Waals surface area contributed by atoms with Gasteiger partial charge in [-0.1, -0.05) is 11.6 Å². The summed E-state index contributed by atoms with van der Waals surface area (Å²) in [6.07, 6.45) is 4.89. The number of carbonyl (C=O) groups is 1. The van der Waals surface area contributed by atoms with Gasteiger partial charge in [0.05, 0.1) is 10.6 Å². The molecule has 1 saturated heterocycles. The number of hydrogen-bond donors (Lipinski definition) is 0. The third kappa shape index (κ3) is 2.55. The Morgan fingerprint density at radius 1 is 1.38 bits per heavy atom. The van der Waals surface area contributed by atoms with Crippen molar-refractivity contribution in [3.8, 4) is 0 Å². The van der Waals surface area contributed by atoms with E-state index >= 15 is 0 Å². The molecule has 0 bridgehead atoms. The summed E-state index contributed by atoms with van der Waals surface area (Å²) in [5.74, 6) is -0.00954. The first-order valence-electron chi connectivity index (χ1n) is 5.29. The number of hydrogen-bond acceptors (Lipinski definition) is 2. The van der Waals surface area contributed by atoms with Gasteiger partial charge in [0.1, 0.15) is 4.60 Å². The van der Waals surface area contributed by atoms with Gasteiger partial charge in [0, 0.05) is 19.3 Å². The van der Waals surface area contributed by atoms with Crippen molar-refractivity contribution in [2.24, 2.45) is 0 Å². The van der Waals surface area contributed by atoms with E-state index in [2.05, 4.69) is 20.9 Å². The number of carbonyl (C=O) groups excluding carboxylic acids is 1. The molecule has 1 aliphatic rings. The third-order valence-corrected chi connectivity index (χ3v) is 3.44. The fourth-order valence-corrected chi connectivity index (χ4v) is 2.53. The van der Waals surface area contributed by atoms with Gasteiger partial charge in [-0.3, -0.25) is 4.79 Å². The van der Waals surface area contributed by atoms with Crippen LogP contribution in [0.4, 0.5) is 0 Å². The molecule has 0 saturated carbocycles. The molecule has 0 aromatic carbocycles. The fraction of sp³-hybridized carbons (Fsp3) is 0.455. The van der Waals surface area contributed by atoms with Crippen molar-refractivity contribution in [1.29, 1.82) is 0 Å². The number of amides is 1. The zero-order chi connectivity index (χ0) is 11.5. The van der Waals surface area contributed by atoms with Crippen molar-refractivity contribution in [3.05, 3.63) is 27.5 Å². The zero-order valence-electron chi connectivity index (χ0n) is 8.75. The van der Waals surface area contributed by atoms with Gasteiger partial charge < -0.3 is 4.90 Å². The van der Waals surface area contributed by atoms with Crippen molar-refractivity contribution < 1.29 is 4.79 Å². The molecule has 1 aliphatic heterocycles. The number of nitrogens with zero attached hydrogens (tertiary/aromatic N) is 2. The highest BCUT2D eigenvalue weighted by Gasteiger charge is 2.20. The predicted molar refractivity (Wildman–Crippen MR) is 66.7 cm³/mol. The Hall–Kier alpha value is -0.610. The molecule has 2 heterocycles. The molecule has 0 radical (unpaired) electrons. The molecular weight excluding hydrogens is 291 g/mol. The molecule has 3 nitrogen and oxygen atoms in total. The second-order valence-corrected chi connectivity index (χ2v) is 5.06. The average Bonchev–Trinajstić information content (AvgIpc) is 2.29. The van der Waals surface area contributed by atoms with Gasteiger partial charge in [-0.25, -0.2) is 4.98 Å². The summed E-state index contributed by atoms with van der Waals surface area (Å²) in [6.45, 7) is 1.65. The maximum Gasteiger partial charge on any atom is 0.256 e. The van der Waals surface area contributed by atoms with Gasteiger partial charge in [0.2, 0.25) is 0 Å². The van der Waals surface area contributed by atoms with Gasteiger partial charge in [0.15, 0.2) is 0 Å². The van der Waals surface area contributed by atoms with Gasteiger partial charge in [-0.05, 0) is 41.3 Å². The van der Waals surface area contributed by atoms with Crippen LogP contribution < -0.4 is 0 Å². The van der Waals surface area contributed by atoms with Crippen LogP contribution in [0.3, 0.4) is 0 Å². The number of pyridine rings is 1. The summed E-state index contributed by atoms with van der Waals surface area (Å²) in [5.41, 5.74) is 0.492. The van der Waals surface area contributed by atoms with Crippen molar-refractivity contribution in [1.82, 2.24) is 9.88 Å². The van der Waals surface area contributed by atoms with Crippen molar-refractivity contribution >= 4 is 33.4 Å². The van der Waals surface area contributed by atoms with Crippen LogP contribution in [0.5, 0.6) is 0 Å². The van der Waals surface area contributed by atoms with Gasteiger partial charge >= 0.3 is 0 Å². The van der Waals surface area contributed by atoms with Crippen LogP contribution in [0.2, 0.25) is 5.02 Å². The van der Waals surface area contributed by atoms with Crippen LogP contribution in [0.1, 0.15) is 29.6 Å². The average molecular weight is 304 g/mol. The number of rotatable bonds is 1. The lowest BCUT2D eigenvalue weighted by Gasteiger charge is -2.26. The minimum atomic E-state index is -0.00954. The lowest BCUT2D eigenvalue weighted by atomic mass is 10.1. The molecule has 16 heavy (non-hydrogen) atoms. The predicted octanol–water partition coefficient (Wildman–Crippen LogP) is 3.12. The molecule has 0 unspecified atom stereocenters. The SMILES string of the molecule is O=C(c1cnc(Br)cc1Cl)N1CCCCC1. The van der Waals surface area contributed by atoms with E-state index in [1.807, 2.05) is 4.90 Å². The Morgan fingerprint density at radius 2 is 2.06 bits per heavy atom. The number of likely N-dealkylation sites (tertiary alicyclic amines) is 1. The molecule has 1 fully saturated rings. The van der Waals surface area contributed by atoms with Crippen molar-refractivity contribution in [2.75, 3.05) is 13.1 Å². The maximum atomic E-state index is 12.1. The van der Waals surface area contributed by atoms with Crippen LogP contribution in [0.15, 0.2) is 16.9 Å². The Morgan fingerprint density at radius 3 is 2.69 bits per heavy atom. The highest BCUT2D eigenvalue weighted by molar-refractivity contribution is 9.10. The van der Waals surface area contributed by atoms with Crippen LogP contribution in [0, 0.1) is 0 Å². The molecule has 0 N–H and O–H groups in total. The van der Waals surface area contributed by atoms with E-state index in [1.54, 1.807) is 6.07 Å². The number of piperidine rings is 1. The molecule has 1 aromatic rings. The lowest BCUT2D eigenvalue weighted by molar-refractivity contribution is 0.0724. The van der Waals surface area contributed by atoms with E-state index in [-0.39, 0.29) is 5.91 Å². The number of aromatic nitrogens is 1. The molecule has 1 aromatic heterocycles. The summed E-state index contributed by atoms with van der Waals surface area (Å²) >= 11 is 9.25. The van der Waals surface area contributed by atoms with Gasteiger partial charge in [-0.2, -0.15) is 0 Å². The molecule has 0 aliphatic carbocycles. The first kappa shape index (κ1) is 11.9. The first-order valence-corrected chi connectivity index (χ1v) is 6.46. The van der Waals surface area contributed by atoms with Crippen LogP contribution in [0.25, 0.3) is 0 Å². The first-order chi connectivity index (χ1) is 7.68. The van der Waals surface area contributed by atoms with Crippen molar-refractivity contribution in [2.45, 2.75) is 19.3 Å². The van der Waals surface area contributed by atoms with E-state index in [1.165, 1.54) is 12.6 Å². The quantitative estimate of drug-likeness (QED) is 0.747. The van der Waals surface area contributed by atoms with E-state index < -0.39 is 0 Å². The summed E-state index contributed by atoms with van der Waals surface area (Å²) in [4.78, 5) is 18.0. The van der Waals surface area contributed by atoms with Crippen LogP contribution in [-0.4, -0.2) is 28.9 Å². The Balaban J connectivity index is 2.19. The van der Waals surface area contributed by atoms with E-state index in [0.717, 1.165) is 25.9 Å². The molecule has 0 spiro atoms. The summed E-state index contributed by atoms with van der Waals surface area (Å²) in [6, 6.07) is 1.65. The summed E-state index contributed by atoms with van der Waals surface area (Å²) in [5, 5.41) is 0.456. The van der Waals surface area contributed by atoms with Gasteiger partial charge in [0.25, 0.3) is 5.91 Å². The van der Waals surface area contributed by atoms with E-state index in [4.69, 9.17) is 11.6 Å². The minimum absolute atomic E-state index is 0.00954. The Labute approximate surface area is 108 Å². The molecule has 1 amide bonds. The molecule has 5 heteroatoms. The lowest BCUT2D eigenvalue weighted by Crippen LogP contribution is -2.35. The van der Waals surface area contributed by atoms with E-state index in [0.29, 0.717) is 15.2 Å². The summed E-state index contributed by atoms with van der Waals surface area (Å²) < 4.78 is 0.646. The monoisotopic (exact) mass is 302 g/mol.